The Morgan fingerprint density at radius 3 is 2.67 bits per heavy atom. The molecule has 0 fully saturated rings. The molecule has 112 valence electrons. The minimum absolute atomic E-state index is 0.319. The van der Waals surface area contributed by atoms with Gasteiger partial charge in [0, 0.05) is 12.4 Å². The summed E-state index contributed by atoms with van der Waals surface area (Å²) in [6.07, 6.45) is 5.09. The minimum Gasteiger partial charge on any atom is -0.451 e. The summed E-state index contributed by atoms with van der Waals surface area (Å²) in [5.41, 5.74) is 1.06. The zero-order valence-electron chi connectivity index (χ0n) is 12.7. The Balaban J connectivity index is 2.04. The molecule has 2 heterocycles. The van der Waals surface area contributed by atoms with Crippen LogP contribution < -0.4 is 0 Å². The van der Waals surface area contributed by atoms with Crippen LogP contribution in [0, 0.1) is 0 Å². The van der Waals surface area contributed by atoms with Gasteiger partial charge in [-0.25, -0.2) is 4.79 Å². The molecule has 2 aromatic heterocycles. The highest BCUT2D eigenvalue weighted by Gasteiger charge is 2.18. The Bertz CT molecular complexity index is 576. The van der Waals surface area contributed by atoms with Crippen molar-refractivity contribution in [1.82, 2.24) is 14.8 Å². The number of rotatable bonds is 6. The lowest BCUT2D eigenvalue weighted by Gasteiger charge is -2.13. The Hall–Kier alpha value is -2.17. The van der Waals surface area contributed by atoms with E-state index in [1.54, 1.807) is 19.2 Å². The molecule has 0 saturated carbocycles. The maximum absolute atomic E-state index is 12.1. The molecule has 0 aromatic carbocycles. The molecular weight excluding hydrogens is 266 g/mol. The number of ether oxygens (including phenoxy) is 1. The molecule has 0 aliphatic carbocycles. The molecule has 0 N–H and O–H groups in total. The third-order valence-electron chi connectivity index (χ3n) is 3.52. The van der Waals surface area contributed by atoms with Crippen LogP contribution in [-0.4, -0.2) is 20.7 Å². The number of carbonyl (C=O) groups is 1. The van der Waals surface area contributed by atoms with Crippen molar-refractivity contribution in [3.05, 3.63) is 48.0 Å². The maximum Gasteiger partial charge on any atom is 0.359 e. The number of esters is 1. The summed E-state index contributed by atoms with van der Waals surface area (Å²) < 4.78 is 7.24. The van der Waals surface area contributed by atoms with E-state index in [1.165, 1.54) is 0 Å². The molecule has 0 radical (unpaired) electrons. The van der Waals surface area contributed by atoms with E-state index in [4.69, 9.17) is 4.74 Å². The molecule has 0 aliphatic rings. The number of carbonyl (C=O) groups excluding carboxylic acids is 1. The van der Waals surface area contributed by atoms with Crippen LogP contribution in [0.15, 0.2) is 36.7 Å². The summed E-state index contributed by atoms with van der Waals surface area (Å²) in [6.45, 7) is 6.02. The molecule has 0 bridgehead atoms. The first-order valence-corrected chi connectivity index (χ1v) is 7.32. The normalized spacial score (nSPS) is 12.4. The summed E-state index contributed by atoms with van der Waals surface area (Å²) in [5, 5.41) is 4.32. The van der Waals surface area contributed by atoms with Crippen molar-refractivity contribution in [2.75, 3.05) is 0 Å². The van der Waals surface area contributed by atoms with Crippen LogP contribution in [0.2, 0.25) is 0 Å². The molecule has 2 aromatic rings. The first-order valence-electron chi connectivity index (χ1n) is 7.32. The third kappa shape index (κ3) is 3.68. The van der Waals surface area contributed by atoms with Gasteiger partial charge in [0.1, 0.15) is 6.10 Å². The molecule has 1 unspecified atom stereocenters. The quantitative estimate of drug-likeness (QED) is 0.762. The highest BCUT2D eigenvalue weighted by molar-refractivity contribution is 5.87. The first-order chi connectivity index (χ1) is 10.2. The average molecular weight is 287 g/mol. The van der Waals surface area contributed by atoms with Crippen molar-refractivity contribution < 1.29 is 9.53 Å². The van der Waals surface area contributed by atoms with E-state index in [1.807, 2.05) is 29.1 Å². The zero-order chi connectivity index (χ0) is 15.2. The van der Waals surface area contributed by atoms with Crippen LogP contribution in [0.4, 0.5) is 0 Å². The minimum atomic E-state index is -0.419. The smallest absolute Gasteiger partial charge is 0.359 e. The SMILES string of the molecule is CCC(CC)n1ccc(C(=O)OC(C)c2ccccn2)n1. The Morgan fingerprint density at radius 2 is 2.05 bits per heavy atom. The lowest BCUT2D eigenvalue weighted by atomic mass is 10.2. The van der Waals surface area contributed by atoms with Gasteiger partial charge in [-0.2, -0.15) is 5.10 Å². The van der Waals surface area contributed by atoms with Gasteiger partial charge >= 0.3 is 5.97 Å². The van der Waals surface area contributed by atoms with Crippen LogP contribution >= 0.6 is 0 Å². The van der Waals surface area contributed by atoms with Crippen molar-refractivity contribution in [2.45, 2.75) is 45.8 Å². The Morgan fingerprint density at radius 1 is 1.29 bits per heavy atom. The standard InChI is InChI=1S/C16H21N3O2/c1-4-13(5-2)19-11-9-15(18-19)16(20)21-12(3)14-8-6-7-10-17-14/h6-13H,4-5H2,1-3H3. The van der Waals surface area contributed by atoms with Gasteiger partial charge < -0.3 is 4.74 Å². The number of nitrogens with zero attached hydrogens (tertiary/aromatic N) is 3. The summed E-state index contributed by atoms with van der Waals surface area (Å²) >= 11 is 0. The van der Waals surface area contributed by atoms with Gasteiger partial charge in [0.2, 0.25) is 0 Å². The van der Waals surface area contributed by atoms with Gasteiger partial charge in [-0.3, -0.25) is 9.67 Å². The molecule has 21 heavy (non-hydrogen) atoms. The fourth-order valence-electron chi connectivity index (χ4n) is 2.21. The summed E-state index contributed by atoms with van der Waals surface area (Å²) in [5.74, 6) is -0.419. The largest absolute Gasteiger partial charge is 0.451 e. The maximum atomic E-state index is 12.1. The van der Waals surface area contributed by atoms with Crippen LogP contribution in [0.3, 0.4) is 0 Å². The number of pyridine rings is 1. The summed E-state index contributed by atoms with van der Waals surface area (Å²) in [4.78, 5) is 16.3. The Labute approximate surface area is 125 Å². The Kier molecular flexibility index (Phi) is 5.09. The molecule has 0 amide bonds. The topological polar surface area (TPSA) is 57.0 Å². The van der Waals surface area contributed by atoms with Crippen LogP contribution in [0.25, 0.3) is 0 Å². The average Bonchev–Trinajstić information content (AvgIpc) is 2.99. The number of aromatic nitrogens is 3. The molecule has 0 saturated heterocycles. The molecule has 1 atom stereocenters. The summed E-state index contributed by atoms with van der Waals surface area (Å²) in [6, 6.07) is 7.55. The van der Waals surface area contributed by atoms with Gasteiger partial charge in [0.25, 0.3) is 0 Å². The van der Waals surface area contributed by atoms with E-state index in [9.17, 15) is 4.79 Å². The molecule has 0 spiro atoms. The van der Waals surface area contributed by atoms with Gasteiger partial charge in [-0.05, 0) is 38.0 Å². The highest BCUT2D eigenvalue weighted by Crippen LogP contribution is 2.18. The zero-order valence-corrected chi connectivity index (χ0v) is 12.7. The van der Waals surface area contributed by atoms with Crippen LogP contribution in [0.5, 0.6) is 0 Å². The second-order valence-corrected chi connectivity index (χ2v) is 4.95. The van der Waals surface area contributed by atoms with E-state index < -0.39 is 12.1 Å². The second kappa shape index (κ2) is 7.02. The number of hydrogen-bond donors (Lipinski definition) is 0. The van der Waals surface area contributed by atoms with E-state index >= 15 is 0 Å². The van der Waals surface area contributed by atoms with Crippen molar-refractivity contribution in [3.63, 3.8) is 0 Å². The lowest BCUT2D eigenvalue weighted by Crippen LogP contribution is -2.13. The molecule has 5 heteroatoms. The predicted molar refractivity (Wildman–Crippen MR) is 79.9 cm³/mol. The van der Waals surface area contributed by atoms with Crippen molar-refractivity contribution >= 4 is 5.97 Å². The van der Waals surface area contributed by atoms with Gasteiger partial charge in [0.05, 0.1) is 11.7 Å². The van der Waals surface area contributed by atoms with Crippen molar-refractivity contribution in [2.24, 2.45) is 0 Å². The molecule has 2 rings (SSSR count). The van der Waals surface area contributed by atoms with E-state index in [0.29, 0.717) is 11.7 Å². The molecular formula is C16H21N3O2. The predicted octanol–water partition coefficient (Wildman–Crippen LogP) is 3.56. The van der Waals surface area contributed by atoms with E-state index in [0.717, 1.165) is 18.5 Å². The lowest BCUT2D eigenvalue weighted by molar-refractivity contribution is 0.0321. The number of hydrogen-bond acceptors (Lipinski definition) is 4. The van der Waals surface area contributed by atoms with E-state index in [2.05, 4.69) is 23.9 Å². The summed E-state index contributed by atoms with van der Waals surface area (Å²) in [7, 11) is 0. The molecule has 0 aliphatic heterocycles. The van der Waals surface area contributed by atoms with E-state index in [-0.39, 0.29) is 0 Å². The van der Waals surface area contributed by atoms with Gasteiger partial charge in [-0.15, -0.1) is 0 Å². The van der Waals surface area contributed by atoms with Gasteiger partial charge in [0.15, 0.2) is 5.69 Å². The fourth-order valence-corrected chi connectivity index (χ4v) is 2.21. The highest BCUT2D eigenvalue weighted by atomic mass is 16.5. The molecule has 5 nitrogen and oxygen atoms in total. The third-order valence-corrected chi connectivity index (χ3v) is 3.52. The fraction of sp³-hybridized carbons (Fsp3) is 0.438. The first kappa shape index (κ1) is 15.2. The monoisotopic (exact) mass is 287 g/mol. The van der Waals surface area contributed by atoms with Crippen molar-refractivity contribution in [1.29, 1.82) is 0 Å². The van der Waals surface area contributed by atoms with Crippen molar-refractivity contribution in [3.8, 4) is 0 Å². The van der Waals surface area contributed by atoms with Gasteiger partial charge in [-0.1, -0.05) is 19.9 Å². The van der Waals surface area contributed by atoms with Crippen LogP contribution in [0.1, 0.15) is 61.9 Å². The van der Waals surface area contributed by atoms with Crippen LogP contribution in [-0.2, 0) is 4.74 Å². The second-order valence-electron chi connectivity index (χ2n) is 4.95.